The van der Waals surface area contributed by atoms with Gasteiger partial charge in [-0.05, 0) is 35.9 Å². The quantitative estimate of drug-likeness (QED) is 0.539. The van der Waals surface area contributed by atoms with Crippen LogP contribution in [-0.2, 0) is 0 Å². The lowest BCUT2D eigenvalue weighted by molar-refractivity contribution is -0.0498. The van der Waals surface area contributed by atoms with Crippen molar-refractivity contribution in [2.45, 2.75) is 6.61 Å². The summed E-state index contributed by atoms with van der Waals surface area (Å²) in [5.74, 6) is -0.0763. The van der Waals surface area contributed by atoms with Crippen molar-refractivity contribution in [3.05, 3.63) is 78.6 Å². The zero-order chi connectivity index (χ0) is 20.2. The average Bonchev–Trinajstić information content (AvgIpc) is 2.73. The molecule has 8 heteroatoms. The van der Waals surface area contributed by atoms with E-state index in [1.807, 2.05) is 12.1 Å². The van der Waals surface area contributed by atoms with Crippen LogP contribution in [0.2, 0.25) is 0 Å². The third kappa shape index (κ3) is 4.16. The molecule has 0 aliphatic rings. The van der Waals surface area contributed by atoms with E-state index in [0.717, 1.165) is 5.39 Å². The molecule has 4 aromatic rings. The van der Waals surface area contributed by atoms with E-state index in [2.05, 4.69) is 25.2 Å². The van der Waals surface area contributed by atoms with Crippen LogP contribution in [-0.4, -0.2) is 27.7 Å². The van der Waals surface area contributed by atoms with E-state index < -0.39 is 12.5 Å². The fourth-order valence-corrected chi connectivity index (χ4v) is 2.89. The number of alkyl halides is 2. The molecule has 0 unspecified atom stereocenters. The smallest absolute Gasteiger partial charge is 0.387 e. The first kappa shape index (κ1) is 18.4. The van der Waals surface area contributed by atoms with E-state index in [9.17, 15) is 13.6 Å². The standard InChI is InChI=1S/C21H14F2N4O2/c22-21(23)29-15-6-1-5-14(12-15)16-7-2-4-13-9-10-17(25-19(13)16)20(28)26-18-8-3-11-24-27-18/h1-12,21H,(H,26,27,28). The summed E-state index contributed by atoms with van der Waals surface area (Å²) in [5.41, 5.74) is 2.09. The number of rotatable bonds is 5. The SMILES string of the molecule is O=C(Nc1cccnn1)c1ccc2cccc(-c3cccc(OC(F)F)c3)c2n1. The number of para-hydroxylation sites is 1. The second-order valence-electron chi connectivity index (χ2n) is 6.04. The number of pyridine rings is 1. The molecule has 0 saturated heterocycles. The Kier molecular flexibility index (Phi) is 5.07. The predicted octanol–water partition coefficient (Wildman–Crippen LogP) is 4.55. The summed E-state index contributed by atoms with van der Waals surface area (Å²) in [6.45, 7) is -2.91. The first-order chi connectivity index (χ1) is 14.1. The number of nitrogens with zero attached hydrogens (tertiary/aromatic N) is 3. The van der Waals surface area contributed by atoms with Gasteiger partial charge in [-0.25, -0.2) is 4.98 Å². The Morgan fingerprint density at radius 2 is 1.86 bits per heavy atom. The normalized spacial score (nSPS) is 10.9. The summed E-state index contributed by atoms with van der Waals surface area (Å²) in [7, 11) is 0. The number of aromatic nitrogens is 3. The molecule has 0 fully saturated rings. The lowest BCUT2D eigenvalue weighted by atomic mass is 10.0. The zero-order valence-electron chi connectivity index (χ0n) is 14.9. The molecule has 2 aromatic carbocycles. The van der Waals surface area contributed by atoms with E-state index in [1.165, 1.54) is 18.3 Å². The number of nitrogens with one attached hydrogen (secondary N) is 1. The fraction of sp³-hybridized carbons (Fsp3) is 0.0476. The summed E-state index contributed by atoms with van der Waals surface area (Å²) in [6.07, 6.45) is 1.50. The van der Waals surface area contributed by atoms with Gasteiger partial charge in [-0.2, -0.15) is 13.9 Å². The molecule has 2 heterocycles. The van der Waals surface area contributed by atoms with Gasteiger partial charge in [-0.15, -0.1) is 5.10 Å². The van der Waals surface area contributed by atoms with Crippen LogP contribution in [0.5, 0.6) is 5.75 Å². The summed E-state index contributed by atoms with van der Waals surface area (Å²) in [4.78, 5) is 17.0. The topological polar surface area (TPSA) is 77.0 Å². The molecule has 6 nitrogen and oxygen atoms in total. The monoisotopic (exact) mass is 392 g/mol. The average molecular weight is 392 g/mol. The van der Waals surface area contributed by atoms with Gasteiger partial charge in [0, 0.05) is 17.1 Å². The van der Waals surface area contributed by atoms with Crippen molar-refractivity contribution in [1.29, 1.82) is 0 Å². The van der Waals surface area contributed by atoms with Gasteiger partial charge in [-0.1, -0.05) is 36.4 Å². The fourth-order valence-electron chi connectivity index (χ4n) is 2.89. The number of hydrogen-bond donors (Lipinski definition) is 1. The second-order valence-corrected chi connectivity index (χ2v) is 6.04. The molecule has 0 radical (unpaired) electrons. The summed E-state index contributed by atoms with van der Waals surface area (Å²) in [6, 6.07) is 18.5. The van der Waals surface area contributed by atoms with E-state index in [-0.39, 0.29) is 11.4 Å². The summed E-state index contributed by atoms with van der Waals surface area (Å²) < 4.78 is 29.6. The van der Waals surface area contributed by atoms with Crippen molar-refractivity contribution < 1.29 is 18.3 Å². The number of carbonyl (C=O) groups is 1. The number of halogens is 2. The third-order valence-corrected chi connectivity index (χ3v) is 4.14. The Hall–Kier alpha value is -3.94. The molecule has 1 amide bonds. The molecular weight excluding hydrogens is 378 g/mol. The molecule has 0 atom stereocenters. The van der Waals surface area contributed by atoms with E-state index in [4.69, 9.17) is 0 Å². The molecule has 0 saturated carbocycles. The highest BCUT2D eigenvalue weighted by Gasteiger charge is 2.13. The number of ether oxygens (including phenoxy) is 1. The second kappa shape index (κ2) is 7.97. The molecule has 2 aromatic heterocycles. The van der Waals surface area contributed by atoms with Gasteiger partial charge < -0.3 is 10.1 Å². The molecule has 0 spiro atoms. The van der Waals surface area contributed by atoms with Crippen LogP contribution in [0.15, 0.2) is 72.9 Å². The maximum Gasteiger partial charge on any atom is 0.387 e. The van der Waals surface area contributed by atoms with Crippen LogP contribution in [0.25, 0.3) is 22.0 Å². The molecule has 29 heavy (non-hydrogen) atoms. The lowest BCUT2D eigenvalue weighted by Crippen LogP contribution is -2.14. The highest BCUT2D eigenvalue weighted by atomic mass is 19.3. The minimum atomic E-state index is -2.91. The molecule has 0 bridgehead atoms. The van der Waals surface area contributed by atoms with Gasteiger partial charge in [0.25, 0.3) is 5.91 Å². The van der Waals surface area contributed by atoms with Crippen molar-refractivity contribution in [3.8, 4) is 16.9 Å². The van der Waals surface area contributed by atoms with Crippen LogP contribution in [0.3, 0.4) is 0 Å². The number of hydrogen-bond acceptors (Lipinski definition) is 5. The van der Waals surface area contributed by atoms with E-state index in [0.29, 0.717) is 22.5 Å². The van der Waals surface area contributed by atoms with E-state index >= 15 is 0 Å². The first-order valence-electron chi connectivity index (χ1n) is 8.64. The van der Waals surface area contributed by atoms with Crippen molar-refractivity contribution in [3.63, 3.8) is 0 Å². The van der Waals surface area contributed by atoms with Gasteiger partial charge >= 0.3 is 6.61 Å². The van der Waals surface area contributed by atoms with Gasteiger partial charge in [0.05, 0.1) is 5.52 Å². The number of anilines is 1. The van der Waals surface area contributed by atoms with Gasteiger partial charge in [0.15, 0.2) is 5.82 Å². The maximum absolute atomic E-state index is 12.5. The van der Waals surface area contributed by atoms with Gasteiger partial charge in [0.1, 0.15) is 11.4 Å². The Balaban J connectivity index is 1.72. The number of carbonyl (C=O) groups excluding carboxylic acids is 1. The van der Waals surface area contributed by atoms with Crippen molar-refractivity contribution in [2.24, 2.45) is 0 Å². The van der Waals surface area contributed by atoms with Gasteiger partial charge in [0.2, 0.25) is 0 Å². The first-order valence-corrected chi connectivity index (χ1v) is 8.64. The van der Waals surface area contributed by atoms with Crippen molar-refractivity contribution >= 4 is 22.6 Å². The number of fused-ring (bicyclic) bond motifs is 1. The Morgan fingerprint density at radius 3 is 2.66 bits per heavy atom. The summed E-state index contributed by atoms with van der Waals surface area (Å²) in [5, 5.41) is 11.0. The lowest BCUT2D eigenvalue weighted by Gasteiger charge is -2.10. The predicted molar refractivity (Wildman–Crippen MR) is 104 cm³/mol. The minimum absolute atomic E-state index is 0.0473. The third-order valence-electron chi connectivity index (χ3n) is 4.14. The zero-order valence-corrected chi connectivity index (χ0v) is 14.9. The van der Waals surface area contributed by atoms with Gasteiger partial charge in [-0.3, -0.25) is 4.79 Å². The van der Waals surface area contributed by atoms with Crippen LogP contribution in [0.4, 0.5) is 14.6 Å². The number of amides is 1. The number of benzene rings is 2. The highest BCUT2D eigenvalue weighted by Crippen LogP contribution is 2.30. The van der Waals surface area contributed by atoms with Crippen LogP contribution < -0.4 is 10.1 Å². The highest BCUT2D eigenvalue weighted by molar-refractivity contribution is 6.04. The Labute approximate surface area is 164 Å². The Morgan fingerprint density at radius 1 is 1.00 bits per heavy atom. The molecule has 144 valence electrons. The maximum atomic E-state index is 12.5. The van der Waals surface area contributed by atoms with Crippen LogP contribution >= 0.6 is 0 Å². The summed E-state index contributed by atoms with van der Waals surface area (Å²) >= 11 is 0. The largest absolute Gasteiger partial charge is 0.435 e. The van der Waals surface area contributed by atoms with E-state index in [1.54, 1.807) is 42.5 Å². The molecule has 0 aliphatic heterocycles. The van der Waals surface area contributed by atoms with Crippen LogP contribution in [0, 0.1) is 0 Å². The molecule has 1 N–H and O–H groups in total. The minimum Gasteiger partial charge on any atom is -0.435 e. The van der Waals surface area contributed by atoms with Crippen molar-refractivity contribution in [1.82, 2.24) is 15.2 Å². The van der Waals surface area contributed by atoms with Crippen molar-refractivity contribution in [2.75, 3.05) is 5.32 Å². The molecule has 0 aliphatic carbocycles. The van der Waals surface area contributed by atoms with Crippen LogP contribution in [0.1, 0.15) is 10.5 Å². The molecular formula is C21H14F2N4O2. The Bertz CT molecular complexity index is 1170. The molecule has 4 rings (SSSR count).